The van der Waals surface area contributed by atoms with Crippen molar-refractivity contribution < 1.29 is 14.4 Å². The Morgan fingerprint density at radius 1 is 1.05 bits per heavy atom. The molecule has 2 aliphatic heterocycles. The first-order valence-corrected chi connectivity index (χ1v) is 14.9. The number of carbonyl (C=O) groups is 3. The molecule has 0 spiro atoms. The first-order valence-electron chi connectivity index (χ1n) is 14.1. The van der Waals surface area contributed by atoms with Crippen LogP contribution in [0.2, 0.25) is 0 Å². The largest absolute Gasteiger partial charge is 0.365 e. The third-order valence-corrected chi connectivity index (χ3v) is 9.30. The van der Waals surface area contributed by atoms with Crippen molar-refractivity contribution in [2.24, 2.45) is 5.73 Å². The molecule has 1 fully saturated rings. The molecule has 1 unspecified atom stereocenters. The van der Waals surface area contributed by atoms with Crippen molar-refractivity contribution in [1.29, 1.82) is 0 Å². The normalized spacial score (nSPS) is 20.0. The van der Waals surface area contributed by atoms with Crippen LogP contribution in [0.25, 0.3) is 10.4 Å². The molecule has 1 atom stereocenters. The fraction of sp³-hybridized carbons (Fsp3) is 0.312. The first-order chi connectivity index (χ1) is 19.8. The number of aromatic nitrogens is 1. The molecule has 8 nitrogen and oxygen atoms in total. The Morgan fingerprint density at radius 2 is 1.85 bits per heavy atom. The molecular formula is C32H33N5O3S. The summed E-state index contributed by atoms with van der Waals surface area (Å²) in [4.78, 5) is 49.3. The maximum absolute atomic E-state index is 14.0. The van der Waals surface area contributed by atoms with Crippen LogP contribution < -0.4 is 20.9 Å². The maximum Gasteiger partial charge on any atom is 0.258 e. The van der Waals surface area contributed by atoms with E-state index in [9.17, 15) is 14.4 Å². The van der Waals surface area contributed by atoms with Gasteiger partial charge < -0.3 is 20.9 Å². The van der Waals surface area contributed by atoms with Crippen molar-refractivity contribution >= 4 is 40.6 Å². The average molecular weight is 568 g/mol. The molecule has 3 aliphatic rings. The molecule has 41 heavy (non-hydrogen) atoms. The number of thiophene rings is 1. The third kappa shape index (κ3) is 5.29. The van der Waals surface area contributed by atoms with Crippen LogP contribution in [0.5, 0.6) is 0 Å². The molecule has 9 heteroatoms. The van der Waals surface area contributed by atoms with Gasteiger partial charge in [0.25, 0.3) is 17.7 Å². The maximum atomic E-state index is 14.0. The SMILES string of the molecule is CC1(NC(=O)c2cccnc2N2CCCC2)CC=CC(C(=O)N2CCc3cc(C(N)=O)sc3-c3ccccc32)=CC1. The van der Waals surface area contributed by atoms with Crippen molar-refractivity contribution in [3.63, 3.8) is 0 Å². The Bertz CT molecular complexity index is 1590. The second-order valence-electron chi connectivity index (χ2n) is 11.1. The van der Waals surface area contributed by atoms with E-state index in [2.05, 4.69) is 15.2 Å². The van der Waals surface area contributed by atoms with Gasteiger partial charge in [0.05, 0.1) is 16.1 Å². The number of pyridine rings is 1. The summed E-state index contributed by atoms with van der Waals surface area (Å²) in [6.45, 7) is 4.31. The molecule has 2 aromatic heterocycles. The molecule has 4 heterocycles. The van der Waals surface area contributed by atoms with Gasteiger partial charge in [-0.05, 0) is 68.9 Å². The van der Waals surface area contributed by atoms with Gasteiger partial charge in [-0.15, -0.1) is 11.3 Å². The number of rotatable bonds is 5. The number of nitrogens with zero attached hydrogens (tertiary/aromatic N) is 3. The second kappa shape index (κ2) is 11.0. The van der Waals surface area contributed by atoms with Gasteiger partial charge in [0.15, 0.2) is 0 Å². The van der Waals surface area contributed by atoms with Gasteiger partial charge in [0.2, 0.25) is 0 Å². The molecule has 1 saturated heterocycles. The topological polar surface area (TPSA) is 109 Å². The van der Waals surface area contributed by atoms with Gasteiger partial charge in [-0.1, -0.05) is 36.4 Å². The van der Waals surface area contributed by atoms with Gasteiger partial charge >= 0.3 is 0 Å². The van der Waals surface area contributed by atoms with E-state index in [0.717, 1.165) is 53.4 Å². The summed E-state index contributed by atoms with van der Waals surface area (Å²) >= 11 is 1.38. The predicted molar refractivity (Wildman–Crippen MR) is 162 cm³/mol. The van der Waals surface area contributed by atoms with Crippen LogP contribution in [0, 0.1) is 0 Å². The Kier molecular flexibility index (Phi) is 7.21. The van der Waals surface area contributed by atoms with Crippen molar-refractivity contribution in [1.82, 2.24) is 10.3 Å². The zero-order chi connectivity index (χ0) is 28.6. The number of nitrogens with two attached hydrogens (primary N) is 1. The lowest BCUT2D eigenvalue weighted by molar-refractivity contribution is -0.114. The number of hydrogen-bond donors (Lipinski definition) is 2. The van der Waals surface area contributed by atoms with E-state index in [4.69, 9.17) is 5.73 Å². The number of anilines is 2. The van der Waals surface area contributed by atoms with E-state index in [-0.39, 0.29) is 11.8 Å². The monoisotopic (exact) mass is 567 g/mol. The Labute approximate surface area is 243 Å². The Morgan fingerprint density at radius 3 is 2.66 bits per heavy atom. The first kappa shape index (κ1) is 27.0. The third-order valence-electron chi connectivity index (χ3n) is 8.08. The molecule has 210 valence electrons. The minimum absolute atomic E-state index is 0.0851. The lowest BCUT2D eigenvalue weighted by atomic mass is 9.93. The average Bonchev–Trinajstić information content (AvgIpc) is 3.59. The number of para-hydroxylation sites is 1. The van der Waals surface area contributed by atoms with Gasteiger partial charge in [-0.2, -0.15) is 0 Å². The van der Waals surface area contributed by atoms with Crippen molar-refractivity contribution in [2.75, 3.05) is 29.4 Å². The highest BCUT2D eigenvalue weighted by molar-refractivity contribution is 7.17. The summed E-state index contributed by atoms with van der Waals surface area (Å²) in [5.41, 5.74) is 8.94. The fourth-order valence-corrected chi connectivity index (χ4v) is 6.97. The highest BCUT2D eigenvalue weighted by Gasteiger charge is 2.31. The van der Waals surface area contributed by atoms with E-state index in [1.54, 1.807) is 12.3 Å². The van der Waals surface area contributed by atoms with Crippen LogP contribution in [0.15, 0.2) is 72.5 Å². The van der Waals surface area contributed by atoms with Gasteiger partial charge in [-0.3, -0.25) is 14.4 Å². The van der Waals surface area contributed by atoms with E-state index in [0.29, 0.717) is 41.8 Å². The van der Waals surface area contributed by atoms with Crippen molar-refractivity contribution in [2.45, 2.75) is 44.6 Å². The minimum atomic E-state index is -0.556. The quantitative estimate of drug-likeness (QED) is 0.458. The Balaban J connectivity index is 1.22. The second-order valence-corrected chi connectivity index (χ2v) is 12.2. The lowest BCUT2D eigenvalue weighted by Gasteiger charge is -2.29. The van der Waals surface area contributed by atoms with Gasteiger partial charge in [0.1, 0.15) is 5.82 Å². The van der Waals surface area contributed by atoms with Crippen LogP contribution in [-0.2, 0) is 11.2 Å². The molecule has 6 rings (SSSR count). The number of fused-ring (bicyclic) bond motifs is 3. The smallest absolute Gasteiger partial charge is 0.258 e. The predicted octanol–water partition coefficient (Wildman–Crippen LogP) is 4.86. The lowest BCUT2D eigenvalue weighted by Crippen LogP contribution is -2.45. The van der Waals surface area contributed by atoms with E-state index in [1.807, 2.05) is 66.4 Å². The number of hydrogen-bond acceptors (Lipinski definition) is 6. The standard InChI is InChI=1S/C32H33N5O3S/c1-32(35-30(39)24-10-7-16-34-29(24)36-17-4-5-18-36)14-6-8-21(12-15-32)31(40)37-19-13-22-20-26(28(33)38)41-27(22)23-9-2-3-11-25(23)37/h2-3,6-12,16,20H,4-5,13-15,17-19H2,1H3,(H2,33,38)(H,35,39). The number of amides is 3. The fourth-order valence-electron chi connectivity index (χ4n) is 5.87. The molecule has 3 aromatic rings. The highest BCUT2D eigenvalue weighted by Crippen LogP contribution is 2.42. The van der Waals surface area contributed by atoms with Crippen LogP contribution >= 0.6 is 11.3 Å². The summed E-state index contributed by atoms with van der Waals surface area (Å²) in [6, 6.07) is 13.3. The van der Waals surface area contributed by atoms with E-state index >= 15 is 0 Å². The summed E-state index contributed by atoms with van der Waals surface area (Å²) in [7, 11) is 0. The van der Waals surface area contributed by atoms with Crippen LogP contribution in [0.4, 0.5) is 11.5 Å². The van der Waals surface area contributed by atoms with Gasteiger partial charge in [0, 0.05) is 47.4 Å². The minimum Gasteiger partial charge on any atom is -0.365 e. The van der Waals surface area contributed by atoms with Crippen LogP contribution in [-0.4, -0.2) is 47.9 Å². The Hall–Kier alpha value is -4.24. The van der Waals surface area contributed by atoms with Gasteiger partial charge in [-0.25, -0.2) is 4.98 Å². The summed E-state index contributed by atoms with van der Waals surface area (Å²) < 4.78 is 0. The molecule has 1 aliphatic carbocycles. The van der Waals surface area contributed by atoms with E-state index < -0.39 is 11.4 Å². The summed E-state index contributed by atoms with van der Waals surface area (Å²) in [6.07, 6.45) is 11.4. The van der Waals surface area contributed by atoms with Crippen LogP contribution in [0.1, 0.15) is 58.2 Å². The zero-order valence-corrected chi connectivity index (χ0v) is 23.9. The number of carbonyl (C=O) groups excluding carboxylic acids is 3. The molecule has 3 amide bonds. The molecular weight excluding hydrogens is 534 g/mol. The number of primary amides is 1. The molecule has 0 bridgehead atoms. The van der Waals surface area contributed by atoms with Crippen molar-refractivity contribution in [3.8, 4) is 10.4 Å². The number of benzene rings is 1. The summed E-state index contributed by atoms with van der Waals surface area (Å²) in [5, 5.41) is 3.24. The van der Waals surface area contributed by atoms with Crippen LogP contribution in [0.3, 0.4) is 0 Å². The number of nitrogens with one attached hydrogen (secondary N) is 1. The molecule has 0 saturated carbocycles. The highest BCUT2D eigenvalue weighted by atomic mass is 32.1. The van der Waals surface area contributed by atoms with Crippen molar-refractivity contribution in [3.05, 3.63) is 88.5 Å². The van der Waals surface area contributed by atoms with E-state index in [1.165, 1.54) is 11.3 Å². The summed E-state index contributed by atoms with van der Waals surface area (Å²) in [5.74, 6) is 0.0614. The zero-order valence-electron chi connectivity index (χ0n) is 23.1. The molecule has 3 N–H and O–H groups in total. The molecule has 1 aromatic carbocycles. The molecule has 0 radical (unpaired) electrons.